The van der Waals surface area contributed by atoms with Crippen LogP contribution in [0.1, 0.15) is 50.3 Å². The number of imidazole rings is 1. The van der Waals surface area contributed by atoms with E-state index in [1.165, 1.54) is 0 Å². The second-order valence-corrected chi connectivity index (χ2v) is 9.08. The molecule has 0 radical (unpaired) electrons. The van der Waals surface area contributed by atoms with Crippen molar-refractivity contribution in [1.29, 1.82) is 0 Å². The molecule has 2 aromatic heterocycles. The van der Waals surface area contributed by atoms with E-state index < -0.39 is 55.5 Å². The number of H-pyrrole nitrogens is 1. The number of aromatic nitrogens is 3. The number of fused-ring (bicyclic) bond motifs is 1. The quantitative estimate of drug-likeness (QED) is 0.531. The zero-order valence-corrected chi connectivity index (χ0v) is 18.0. The Balaban J connectivity index is 1.55. The SMILES string of the molecule is CC(C)(OC[C@H](N)c1nc2nc([C@@H](C3CC3)N3CC(F)(F)CNC3=O)ccc2[nH]1)C(F)(F)F. The van der Waals surface area contributed by atoms with Crippen molar-refractivity contribution in [2.75, 3.05) is 19.7 Å². The van der Waals surface area contributed by atoms with Gasteiger partial charge in [0.25, 0.3) is 5.92 Å². The van der Waals surface area contributed by atoms with Gasteiger partial charge in [-0.2, -0.15) is 13.2 Å². The molecule has 1 saturated heterocycles. The molecule has 1 aliphatic heterocycles. The summed E-state index contributed by atoms with van der Waals surface area (Å²) in [5, 5.41) is 2.23. The second kappa shape index (κ2) is 8.05. The average Bonchev–Trinajstić information content (AvgIpc) is 3.45. The minimum atomic E-state index is -4.56. The molecule has 182 valence electrons. The summed E-state index contributed by atoms with van der Waals surface area (Å²) in [4.78, 5) is 25.1. The molecule has 3 heterocycles. The maximum Gasteiger partial charge on any atom is 0.416 e. The number of halogens is 5. The Hall–Kier alpha value is -2.54. The van der Waals surface area contributed by atoms with Gasteiger partial charge in [-0.3, -0.25) is 0 Å². The van der Waals surface area contributed by atoms with Crippen LogP contribution in [-0.2, 0) is 4.74 Å². The lowest BCUT2D eigenvalue weighted by Gasteiger charge is -2.38. The van der Waals surface area contributed by atoms with E-state index in [9.17, 15) is 26.7 Å². The molecule has 2 atom stereocenters. The first-order chi connectivity index (χ1) is 15.3. The first-order valence-corrected chi connectivity index (χ1v) is 10.5. The number of nitrogens with one attached hydrogen (secondary N) is 2. The van der Waals surface area contributed by atoms with E-state index >= 15 is 0 Å². The summed E-state index contributed by atoms with van der Waals surface area (Å²) in [7, 11) is 0. The molecule has 0 bridgehead atoms. The Morgan fingerprint density at radius 2 is 1.97 bits per heavy atom. The van der Waals surface area contributed by atoms with Crippen LogP contribution in [0.25, 0.3) is 11.2 Å². The van der Waals surface area contributed by atoms with Gasteiger partial charge in [0.05, 0.1) is 43.0 Å². The molecular weight excluding hydrogens is 451 g/mol. The Bertz CT molecular complexity index is 1040. The van der Waals surface area contributed by atoms with Gasteiger partial charge in [0.2, 0.25) is 0 Å². The standard InChI is InChI=1S/C20H25F5N6O2/c1-18(2,20(23,24)25)33-7-11(26)15-29-13-6-5-12(28-16(13)30-15)14(10-3-4-10)31-9-19(21,22)8-27-17(31)32/h5-6,10-11,14H,3-4,7-9,26H2,1-2H3,(H,27,32)(H,28,29,30)/t11-,14+/m0/s1. The number of amides is 2. The molecule has 33 heavy (non-hydrogen) atoms. The van der Waals surface area contributed by atoms with Gasteiger partial charge in [-0.15, -0.1) is 0 Å². The van der Waals surface area contributed by atoms with Crippen LogP contribution in [0.15, 0.2) is 12.1 Å². The van der Waals surface area contributed by atoms with Crippen molar-refractivity contribution in [3.8, 4) is 0 Å². The molecule has 4 N–H and O–H groups in total. The molecule has 4 rings (SSSR count). The third-order valence-corrected chi connectivity index (χ3v) is 5.91. The Morgan fingerprint density at radius 1 is 1.27 bits per heavy atom. The van der Waals surface area contributed by atoms with Gasteiger partial charge in [0.1, 0.15) is 5.82 Å². The van der Waals surface area contributed by atoms with E-state index in [2.05, 4.69) is 20.3 Å². The monoisotopic (exact) mass is 476 g/mol. The van der Waals surface area contributed by atoms with Gasteiger partial charge >= 0.3 is 12.2 Å². The van der Waals surface area contributed by atoms with E-state index in [1.54, 1.807) is 12.1 Å². The number of nitrogens with two attached hydrogens (primary N) is 1. The molecule has 0 aromatic carbocycles. The number of urea groups is 1. The van der Waals surface area contributed by atoms with Gasteiger partial charge in [0, 0.05) is 0 Å². The number of alkyl halides is 5. The van der Waals surface area contributed by atoms with Crippen LogP contribution in [0, 0.1) is 5.92 Å². The molecule has 1 saturated carbocycles. The van der Waals surface area contributed by atoms with Crippen molar-refractivity contribution in [1.82, 2.24) is 25.2 Å². The summed E-state index contributed by atoms with van der Waals surface area (Å²) in [6.45, 7) is -0.0371. The third kappa shape index (κ3) is 4.88. The molecule has 2 amide bonds. The van der Waals surface area contributed by atoms with Crippen LogP contribution in [-0.4, -0.2) is 63.3 Å². The maximum absolute atomic E-state index is 14.0. The molecule has 8 nitrogen and oxygen atoms in total. The lowest BCUT2D eigenvalue weighted by atomic mass is 10.0. The van der Waals surface area contributed by atoms with Gasteiger partial charge in [-0.25, -0.2) is 23.5 Å². The number of ether oxygens (including phenoxy) is 1. The highest BCUT2D eigenvalue weighted by molar-refractivity contribution is 5.76. The Kier molecular flexibility index (Phi) is 5.76. The molecule has 2 fully saturated rings. The summed E-state index contributed by atoms with van der Waals surface area (Å²) in [6, 6.07) is 1.08. The summed E-state index contributed by atoms with van der Waals surface area (Å²) in [6.07, 6.45) is -3.00. The van der Waals surface area contributed by atoms with Gasteiger partial charge < -0.3 is 25.7 Å². The molecule has 1 aliphatic carbocycles. The number of carbonyl (C=O) groups is 1. The highest BCUT2D eigenvalue weighted by Crippen LogP contribution is 2.45. The van der Waals surface area contributed by atoms with Crippen molar-refractivity contribution >= 4 is 17.2 Å². The van der Waals surface area contributed by atoms with Crippen LogP contribution in [0.5, 0.6) is 0 Å². The largest absolute Gasteiger partial charge is 0.416 e. The molecule has 0 spiro atoms. The zero-order chi connectivity index (χ0) is 24.2. The molecule has 2 aromatic rings. The fourth-order valence-corrected chi connectivity index (χ4v) is 3.70. The predicted molar refractivity (Wildman–Crippen MR) is 107 cm³/mol. The van der Waals surface area contributed by atoms with Crippen molar-refractivity contribution in [3.63, 3.8) is 0 Å². The van der Waals surface area contributed by atoms with E-state index in [0.29, 0.717) is 11.2 Å². The van der Waals surface area contributed by atoms with Crippen molar-refractivity contribution in [2.24, 2.45) is 11.7 Å². The zero-order valence-electron chi connectivity index (χ0n) is 18.0. The first-order valence-electron chi connectivity index (χ1n) is 10.5. The lowest BCUT2D eigenvalue weighted by Crippen LogP contribution is -2.58. The van der Waals surface area contributed by atoms with Crippen LogP contribution in [0.3, 0.4) is 0 Å². The Labute approximate surface area is 186 Å². The summed E-state index contributed by atoms with van der Waals surface area (Å²) in [5.41, 5.74) is 4.71. The number of aromatic amines is 1. The number of hydrogen-bond acceptors (Lipinski definition) is 5. The fraction of sp³-hybridized carbons (Fsp3) is 0.650. The van der Waals surface area contributed by atoms with Gasteiger partial charge in [0.15, 0.2) is 11.2 Å². The second-order valence-electron chi connectivity index (χ2n) is 9.08. The smallest absolute Gasteiger partial charge is 0.364 e. The highest BCUT2D eigenvalue weighted by Gasteiger charge is 2.49. The highest BCUT2D eigenvalue weighted by atomic mass is 19.4. The lowest BCUT2D eigenvalue weighted by molar-refractivity contribution is -0.264. The van der Waals surface area contributed by atoms with Gasteiger partial charge in [-0.05, 0) is 44.7 Å². The molecule has 13 heteroatoms. The number of rotatable bonds is 7. The van der Waals surface area contributed by atoms with Crippen molar-refractivity contribution in [3.05, 3.63) is 23.7 Å². The van der Waals surface area contributed by atoms with Crippen LogP contribution in [0.2, 0.25) is 0 Å². The number of nitrogens with zero attached hydrogens (tertiary/aromatic N) is 3. The van der Waals surface area contributed by atoms with Crippen LogP contribution in [0.4, 0.5) is 26.7 Å². The number of carbonyl (C=O) groups excluding carboxylic acids is 1. The van der Waals surface area contributed by atoms with Crippen LogP contribution < -0.4 is 11.1 Å². The number of hydrogen-bond donors (Lipinski definition) is 3. The Morgan fingerprint density at radius 3 is 2.61 bits per heavy atom. The van der Waals surface area contributed by atoms with E-state index in [1.807, 2.05) is 0 Å². The van der Waals surface area contributed by atoms with E-state index in [0.717, 1.165) is 31.6 Å². The average molecular weight is 476 g/mol. The summed E-state index contributed by atoms with van der Waals surface area (Å²) < 4.78 is 71.9. The molecular formula is C20H25F5N6O2. The summed E-state index contributed by atoms with van der Waals surface area (Å²) >= 11 is 0. The topological polar surface area (TPSA) is 109 Å². The normalized spacial score (nSPS) is 21.2. The van der Waals surface area contributed by atoms with Crippen LogP contribution >= 0.6 is 0 Å². The molecule has 2 aliphatic rings. The minimum absolute atomic E-state index is 0.00766. The van der Waals surface area contributed by atoms with Crippen molar-refractivity contribution < 1.29 is 31.5 Å². The van der Waals surface area contributed by atoms with E-state index in [-0.39, 0.29) is 17.4 Å². The maximum atomic E-state index is 14.0. The third-order valence-electron chi connectivity index (χ3n) is 5.91. The summed E-state index contributed by atoms with van der Waals surface area (Å²) in [5.74, 6) is -2.87. The van der Waals surface area contributed by atoms with Crippen molar-refractivity contribution in [2.45, 2.75) is 56.5 Å². The first kappa shape index (κ1) is 23.6. The molecule has 0 unspecified atom stereocenters. The number of pyridine rings is 1. The van der Waals surface area contributed by atoms with E-state index in [4.69, 9.17) is 10.5 Å². The van der Waals surface area contributed by atoms with Gasteiger partial charge in [-0.1, -0.05) is 0 Å². The predicted octanol–water partition coefficient (Wildman–Crippen LogP) is 3.43. The minimum Gasteiger partial charge on any atom is -0.364 e. The fourth-order valence-electron chi connectivity index (χ4n) is 3.70.